The lowest BCUT2D eigenvalue weighted by atomic mass is 10.0. The Labute approximate surface area is 163 Å². The molecule has 3 rings (SSSR count). The lowest BCUT2D eigenvalue weighted by Gasteiger charge is -2.35. The van der Waals surface area contributed by atoms with Crippen LogP contribution >= 0.6 is 0 Å². The Kier molecular flexibility index (Phi) is 5.28. The molecule has 1 unspecified atom stereocenters. The highest BCUT2D eigenvalue weighted by molar-refractivity contribution is 5.90. The largest absolute Gasteiger partial charge is 0.474 e. The van der Waals surface area contributed by atoms with Gasteiger partial charge in [-0.2, -0.15) is 0 Å². The minimum Gasteiger partial charge on any atom is -0.474 e. The van der Waals surface area contributed by atoms with Gasteiger partial charge in [-0.3, -0.25) is 4.90 Å². The van der Waals surface area contributed by atoms with Crippen LogP contribution in [-0.4, -0.2) is 29.3 Å². The number of pyridine rings is 1. The molecule has 28 heavy (non-hydrogen) atoms. The highest BCUT2D eigenvalue weighted by Gasteiger charge is 2.34. The normalized spacial score (nSPS) is 16.4. The van der Waals surface area contributed by atoms with E-state index in [4.69, 9.17) is 9.47 Å². The van der Waals surface area contributed by atoms with Crippen LogP contribution < -0.4 is 9.64 Å². The quantitative estimate of drug-likeness (QED) is 0.740. The second kappa shape index (κ2) is 7.37. The third-order valence-electron chi connectivity index (χ3n) is 4.41. The number of aryl methyl sites for hydroxylation is 1. The molecule has 5 nitrogen and oxygen atoms in total. The molecule has 0 N–H and O–H groups in total. The Bertz CT molecular complexity index is 909. The molecular formula is C21H24F2N2O3. The number of amides is 1. The number of anilines is 1. The van der Waals surface area contributed by atoms with Crippen molar-refractivity contribution in [3.8, 4) is 5.88 Å². The molecule has 0 saturated heterocycles. The molecular weight excluding hydrogens is 366 g/mol. The van der Waals surface area contributed by atoms with Gasteiger partial charge in [0.15, 0.2) is 0 Å². The summed E-state index contributed by atoms with van der Waals surface area (Å²) >= 11 is 0. The van der Waals surface area contributed by atoms with Crippen molar-refractivity contribution in [1.29, 1.82) is 0 Å². The molecule has 1 amide bonds. The van der Waals surface area contributed by atoms with Crippen molar-refractivity contribution >= 4 is 11.8 Å². The number of carbonyl (C=O) groups excluding carboxylic acids is 1. The molecule has 0 saturated carbocycles. The van der Waals surface area contributed by atoms with Crippen molar-refractivity contribution in [1.82, 2.24) is 4.98 Å². The third-order valence-corrected chi connectivity index (χ3v) is 4.41. The maximum absolute atomic E-state index is 14.1. The molecule has 0 fully saturated rings. The van der Waals surface area contributed by atoms with Crippen molar-refractivity contribution in [3.05, 3.63) is 52.7 Å². The highest BCUT2D eigenvalue weighted by Crippen LogP contribution is 2.35. The Balaban J connectivity index is 1.99. The van der Waals surface area contributed by atoms with E-state index in [2.05, 4.69) is 4.98 Å². The van der Waals surface area contributed by atoms with Gasteiger partial charge < -0.3 is 9.47 Å². The molecule has 0 aliphatic carbocycles. The molecule has 1 aliphatic heterocycles. The number of halogens is 2. The van der Waals surface area contributed by atoms with Gasteiger partial charge in [0.2, 0.25) is 5.88 Å². The number of nitrogens with zero attached hydrogens (tertiary/aromatic N) is 2. The molecule has 1 aromatic carbocycles. The van der Waals surface area contributed by atoms with Gasteiger partial charge in [-0.05, 0) is 57.9 Å². The van der Waals surface area contributed by atoms with E-state index >= 15 is 0 Å². The number of rotatable bonds is 2. The first kappa shape index (κ1) is 20.0. The number of aromatic nitrogens is 1. The summed E-state index contributed by atoms with van der Waals surface area (Å²) in [6, 6.07) is 5.00. The molecule has 1 atom stereocenters. The molecule has 0 radical (unpaired) electrons. The average molecular weight is 390 g/mol. The minimum atomic E-state index is -0.645. The number of hydrogen-bond acceptors (Lipinski definition) is 4. The Hall–Kier alpha value is -2.70. The summed E-state index contributed by atoms with van der Waals surface area (Å²) in [5.74, 6) is -0.907. The predicted molar refractivity (Wildman–Crippen MR) is 102 cm³/mol. The maximum atomic E-state index is 14.1. The van der Waals surface area contributed by atoms with Crippen LogP contribution in [0.25, 0.3) is 0 Å². The summed E-state index contributed by atoms with van der Waals surface area (Å²) in [7, 11) is 0. The van der Waals surface area contributed by atoms with Crippen LogP contribution in [0.3, 0.4) is 0 Å². The summed E-state index contributed by atoms with van der Waals surface area (Å²) in [6.07, 6.45) is -0.275. The van der Waals surface area contributed by atoms with Crippen LogP contribution in [0.4, 0.5) is 19.3 Å². The molecule has 0 bridgehead atoms. The lowest BCUT2D eigenvalue weighted by molar-refractivity contribution is 0.0546. The number of ether oxygens (including phenoxy) is 2. The van der Waals surface area contributed by atoms with Crippen molar-refractivity contribution in [2.24, 2.45) is 0 Å². The Morgan fingerprint density at radius 2 is 2.00 bits per heavy atom. The zero-order valence-corrected chi connectivity index (χ0v) is 16.7. The number of hydrogen-bond donors (Lipinski definition) is 0. The van der Waals surface area contributed by atoms with Crippen LogP contribution in [0.1, 0.15) is 44.5 Å². The average Bonchev–Trinajstić information content (AvgIpc) is 2.56. The van der Waals surface area contributed by atoms with E-state index in [-0.39, 0.29) is 12.5 Å². The first-order valence-corrected chi connectivity index (χ1v) is 9.14. The van der Waals surface area contributed by atoms with E-state index in [1.807, 2.05) is 6.92 Å². The number of carbonyl (C=O) groups is 1. The van der Waals surface area contributed by atoms with Gasteiger partial charge in [0.25, 0.3) is 0 Å². The van der Waals surface area contributed by atoms with Crippen LogP contribution in [-0.2, 0) is 11.2 Å². The molecule has 1 aliphatic rings. The molecule has 2 heterocycles. The van der Waals surface area contributed by atoms with E-state index in [0.29, 0.717) is 29.4 Å². The van der Waals surface area contributed by atoms with Crippen LogP contribution in [0.15, 0.2) is 24.3 Å². The lowest BCUT2D eigenvalue weighted by Crippen LogP contribution is -2.47. The van der Waals surface area contributed by atoms with E-state index < -0.39 is 23.3 Å². The zero-order valence-electron chi connectivity index (χ0n) is 16.7. The smallest absolute Gasteiger partial charge is 0.415 e. The maximum Gasteiger partial charge on any atom is 0.415 e. The van der Waals surface area contributed by atoms with Gasteiger partial charge in [0.05, 0.1) is 6.04 Å². The second-order valence-corrected chi connectivity index (χ2v) is 7.98. The predicted octanol–water partition coefficient (Wildman–Crippen LogP) is 4.78. The summed E-state index contributed by atoms with van der Waals surface area (Å²) in [5, 5.41) is 0. The minimum absolute atomic E-state index is 0.217. The van der Waals surface area contributed by atoms with E-state index in [1.54, 1.807) is 33.8 Å². The fraction of sp³-hybridized carbons (Fsp3) is 0.429. The Morgan fingerprint density at radius 3 is 2.64 bits per heavy atom. The van der Waals surface area contributed by atoms with Crippen LogP contribution in [0.2, 0.25) is 0 Å². The number of benzene rings is 1. The SMILES string of the molecule is Cc1nc2c(cc1Cc1ccc(F)cc1F)N(C(=O)OC(C)(C)C)C(C)CO2. The second-order valence-electron chi connectivity index (χ2n) is 7.98. The van der Waals surface area contributed by atoms with Crippen LogP contribution in [0.5, 0.6) is 5.88 Å². The number of fused-ring (bicyclic) bond motifs is 1. The summed E-state index contributed by atoms with van der Waals surface area (Å²) in [6.45, 7) is 9.33. The summed E-state index contributed by atoms with van der Waals surface area (Å²) in [4.78, 5) is 18.7. The van der Waals surface area contributed by atoms with Gasteiger partial charge in [-0.15, -0.1) is 0 Å². The topological polar surface area (TPSA) is 51.7 Å². The third kappa shape index (κ3) is 4.24. The van der Waals surface area contributed by atoms with Gasteiger partial charge in [0, 0.05) is 18.2 Å². The first-order chi connectivity index (χ1) is 13.0. The Morgan fingerprint density at radius 1 is 1.29 bits per heavy atom. The first-order valence-electron chi connectivity index (χ1n) is 9.14. The van der Waals surface area contributed by atoms with E-state index in [9.17, 15) is 13.6 Å². The zero-order chi connectivity index (χ0) is 20.6. The van der Waals surface area contributed by atoms with Gasteiger partial charge in [-0.1, -0.05) is 6.07 Å². The fourth-order valence-corrected chi connectivity index (χ4v) is 3.04. The van der Waals surface area contributed by atoms with E-state index in [0.717, 1.165) is 11.6 Å². The van der Waals surface area contributed by atoms with E-state index in [1.165, 1.54) is 17.0 Å². The molecule has 7 heteroatoms. The fourth-order valence-electron chi connectivity index (χ4n) is 3.04. The van der Waals surface area contributed by atoms with Gasteiger partial charge >= 0.3 is 6.09 Å². The van der Waals surface area contributed by atoms with Gasteiger partial charge in [0.1, 0.15) is 29.5 Å². The molecule has 2 aromatic rings. The molecule has 0 spiro atoms. The molecule has 1 aromatic heterocycles. The van der Waals surface area contributed by atoms with Crippen molar-refractivity contribution in [2.75, 3.05) is 11.5 Å². The molecule has 150 valence electrons. The van der Waals surface area contributed by atoms with Crippen molar-refractivity contribution in [3.63, 3.8) is 0 Å². The van der Waals surface area contributed by atoms with Crippen molar-refractivity contribution in [2.45, 2.75) is 52.7 Å². The monoisotopic (exact) mass is 390 g/mol. The van der Waals surface area contributed by atoms with Gasteiger partial charge in [-0.25, -0.2) is 18.6 Å². The highest BCUT2D eigenvalue weighted by atomic mass is 19.1. The summed E-state index contributed by atoms with van der Waals surface area (Å²) < 4.78 is 38.5. The van der Waals surface area contributed by atoms with Crippen LogP contribution in [0, 0.1) is 18.6 Å². The standard InChI is InChI=1S/C21H24F2N2O3/c1-12-11-27-19-18(25(12)20(26)28-21(3,4)5)9-15(13(2)24-19)8-14-6-7-16(22)10-17(14)23/h6-7,9-10,12H,8,11H2,1-5H3. The van der Waals surface area contributed by atoms with Crippen molar-refractivity contribution < 1.29 is 23.0 Å². The summed E-state index contributed by atoms with van der Waals surface area (Å²) in [5.41, 5.74) is 1.56.